The summed E-state index contributed by atoms with van der Waals surface area (Å²) < 4.78 is 10.9. The van der Waals surface area contributed by atoms with Gasteiger partial charge in [0.1, 0.15) is 5.75 Å². The molecule has 0 spiro atoms. The fourth-order valence-corrected chi connectivity index (χ4v) is 2.60. The van der Waals surface area contributed by atoms with Gasteiger partial charge in [-0.1, -0.05) is 0 Å². The minimum absolute atomic E-state index is 0.733. The van der Waals surface area contributed by atoms with Gasteiger partial charge in [0.05, 0.1) is 17.5 Å². The third kappa shape index (κ3) is 1.20. The van der Waals surface area contributed by atoms with Crippen LogP contribution in [0.25, 0.3) is 10.1 Å². The van der Waals surface area contributed by atoms with Gasteiger partial charge in [0.15, 0.2) is 0 Å². The zero-order valence-corrected chi connectivity index (χ0v) is 8.80. The molecule has 0 aliphatic heterocycles. The monoisotopic (exact) mass is 205 g/mol. The van der Waals surface area contributed by atoms with Gasteiger partial charge in [-0.3, -0.25) is 0 Å². The van der Waals surface area contributed by atoms with Gasteiger partial charge in [-0.05, 0) is 42.6 Å². The molecule has 3 rings (SSSR count). The van der Waals surface area contributed by atoms with Gasteiger partial charge in [0, 0.05) is 11.3 Å². The molecule has 2 aromatic rings. The number of hydrogen-bond acceptors (Lipinski definition) is 3. The molecule has 2 nitrogen and oxygen atoms in total. The van der Waals surface area contributed by atoms with Gasteiger partial charge < -0.3 is 4.74 Å². The standard InChI is InChI=1S/C11H11NOS/c1-13-8-4-5-9-10(6-8)14-12-11(9)7-2-3-7/h4-7H,2-3H2,1H3. The largest absolute Gasteiger partial charge is 0.497 e. The van der Waals surface area contributed by atoms with E-state index in [-0.39, 0.29) is 0 Å². The van der Waals surface area contributed by atoms with Crippen LogP contribution in [0.2, 0.25) is 0 Å². The summed E-state index contributed by atoms with van der Waals surface area (Å²) in [4.78, 5) is 0. The van der Waals surface area contributed by atoms with Crippen LogP contribution in [-0.2, 0) is 0 Å². The highest BCUT2D eigenvalue weighted by Gasteiger charge is 2.27. The summed E-state index contributed by atoms with van der Waals surface area (Å²) in [5, 5.41) is 1.32. The van der Waals surface area contributed by atoms with Crippen LogP contribution < -0.4 is 4.74 Å². The summed E-state index contributed by atoms with van der Waals surface area (Å²) in [5.74, 6) is 1.65. The normalized spacial score (nSPS) is 16.1. The second-order valence-corrected chi connectivity index (χ2v) is 4.51. The summed E-state index contributed by atoms with van der Waals surface area (Å²) >= 11 is 1.58. The van der Waals surface area contributed by atoms with Crippen molar-refractivity contribution in [2.75, 3.05) is 7.11 Å². The first kappa shape index (κ1) is 8.24. The first-order valence-corrected chi connectivity index (χ1v) is 5.59. The molecule has 0 N–H and O–H groups in total. The lowest BCUT2D eigenvalue weighted by atomic mass is 10.1. The molecular weight excluding hydrogens is 194 g/mol. The minimum Gasteiger partial charge on any atom is -0.497 e. The zero-order chi connectivity index (χ0) is 9.54. The van der Waals surface area contributed by atoms with E-state index in [1.165, 1.54) is 28.6 Å². The summed E-state index contributed by atoms with van der Waals surface area (Å²) in [6.07, 6.45) is 2.62. The Kier molecular flexibility index (Phi) is 1.74. The molecule has 1 aromatic carbocycles. The molecule has 0 bridgehead atoms. The van der Waals surface area contributed by atoms with Crippen LogP contribution in [0.4, 0.5) is 0 Å². The Balaban J connectivity index is 2.17. The Labute approximate surface area is 86.7 Å². The van der Waals surface area contributed by atoms with E-state index in [2.05, 4.69) is 16.5 Å². The van der Waals surface area contributed by atoms with Crippen LogP contribution in [0.5, 0.6) is 5.75 Å². The molecule has 1 fully saturated rings. The van der Waals surface area contributed by atoms with Gasteiger partial charge >= 0.3 is 0 Å². The number of hydrogen-bond donors (Lipinski definition) is 0. The van der Waals surface area contributed by atoms with Gasteiger partial charge in [0.2, 0.25) is 0 Å². The van der Waals surface area contributed by atoms with E-state index in [1.807, 2.05) is 6.07 Å². The first-order chi connectivity index (χ1) is 6.88. The van der Waals surface area contributed by atoms with Crippen molar-refractivity contribution < 1.29 is 4.74 Å². The molecular formula is C11H11NOS. The van der Waals surface area contributed by atoms with E-state index in [1.54, 1.807) is 18.6 Å². The second kappa shape index (κ2) is 2.95. The molecule has 1 heterocycles. The SMILES string of the molecule is COc1ccc2c(C3CC3)nsc2c1. The molecule has 1 aliphatic carbocycles. The van der Waals surface area contributed by atoms with Gasteiger partial charge in [-0.15, -0.1) is 0 Å². The summed E-state index contributed by atoms with van der Waals surface area (Å²) in [7, 11) is 1.70. The molecule has 1 aliphatic rings. The number of ether oxygens (including phenoxy) is 1. The maximum Gasteiger partial charge on any atom is 0.120 e. The Morgan fingerprint density at radius 3 is 3.00 bits per heavy atom. The first-order valence-electron chi connectivity index (χ1n) is 4.82. The van der Waals surface area contributed by atoms with Crippen molar-refractivity contribution in [2.24, 2.45) is 0 Å². The average Bonchev–Trinajstić information content (AvgIpc) is 2.98. The van der Waals surface area contributed by atoms with Crippen molar-refractivity contribution in [3.05, 3.63) is 23.9 Å². The molecule has 0 radical (unpaired) electrons. The molecule has 14 heavy (non-hydrogen) atoms. The predicted molar refractivity (Wildman–Crippen MR) is 58.1 cm³/mol. The van der Waals surface area contributed by atoms with E-state index < -0.39 is 0 Å². The molecule has 0 unspecified atom stereocenters. The van der Waals surface area contributed by atoms with Crippen molar-refractivity contribution in [3.63, 3.8) is 0 Å². The minimum atomic E-state index is 0.733. The average molecular weight is 205 g/mol. The Hall–Kier alpha value is -1.09. The lowest BCUT2D eigenvalue weighted by Crippen LogP contribution is -1.82. The summed E-state index contributed by atoms with van der Waals surface area (Å²) in [6.45, 7) is 0. The van der Waals surface area contributed by atoms with Crippen molar-refractivity contribution in [3.8, 4) is 5.75 Å². The number of fused-ring (bicyclic) bond motifs is 1. The van der Waals surface area contributed by atoms with E-state index in [0.29, 0.717) is 0 Å². The predicted octanol–water partition coefficient (Wildman–Crippen LogP) is 3.18. The number of nitrogens with zero attached hydrogens (tertiary/aromatic N) is 1. The number of methoxy groups -OCH3 is 1. The highest BCUT2D eigenvalue weighted by atomic mass is 32.1. The van der Waals surface area contributed by atoms with Crippen molar-refractivity contribution in [1.82, 2.24) is 4.37 Å². The van der Waals surface area contributed by atoms with Gasteiger partial charge in [0.25, 0.3) is 0 Å². The fourth-order valence-electron chi connectivity index (χ4n) is 1.72. The van der Waals surface area contributed by atoms with E-state index in [0.717, 1.165) is 11.7 Å². The van der Waals surface area contributed by atoms with Gasteiger partial charge in [-0.25, -0.2) is 0 Å². The lowest BCUT2D eigenvalue weighted by Gasteiger charge is -1.98. The van der Waals surface area contributed by atoms with Crippen LogP contribution in [0.15, 0.2) is 18.2 Å². The Morgan fingerprint density at radius 2 is 2.29 bits per heavy atom. The van der Waals surface area contributed by atoms with Crippen molar-refractivity contribution >= 4 is 21.6 Å². The highest BCUT2D eigenvalue weighted by molar-refractivity contribution is 7.13. The number of aromatic nitrogens is 1. The van der Waals surface area contributed by atoms with Crippen LogP contribution >= 0.6 is 11.5 Å². The molecule has 1 aromatic heterocycles. The van der Waals surface area contributed by atoms with E-state index in [9.17, 15) is 0 Å². The van der Waals surface area contributed by atoms with Gasteiger partial charge in [-0.2, -0.15) is 4.37 Å². The maximum atomic E-state index is 5.19. The van der Waals surface area contributed by atoms with Crippen molar-refractivity contribution in [2.45, 2.75) is 18.8 Å². The molecule has 0 amide bonds. The topological polar surface area (TPSA) is 22.1 Å². The van der Waals surface area contributed by atoms with Crippen molar-refractivity contribution in [1.29, 1.82) is 0 Å². The van der Waals surface area contributed by atoms with E-state index in [4.69, 9.17) is 4.74 Å². The highest BCUT2D eigenvalue weighted by Crippen LogP contribution is 2.43. The summed E-state index contributed by atoms with van der Waals surface area (Å²) in [6, 6.07) is 6.22. The molecule has 72 valence electrons. The molecule has 0 atom stereocenters. The van der Waals surface area contributed by atoms with Crippen LogP contribution in [0, 0.1) is 0 Å². The van der Waals surface area contributed by atoms with Crippen LogP contribution in [0.3, 0.4) is 0 Å². The number of benzene rings is 1. The summed E-state index contributed by atoms with van der Waals surface area (Å²) in [5.41, 5.74) is 1.30. The van der Waals surface area contributed by atoms with E-state index >= 15 is 0 Å². The second-order valence-electron chi connectivity index (χ2n) is 3.70. The zero-order valence-electron chi connectivity index (χ0n) is 7.99. The smallest absolute Gasteiger partial charge is 0.120 e. The molecule has 3 heteroatoms. The number of rotatable bonds is 2. The third-order valence-corrected chi connectivity index (χ3v) is 3.49. The quantitative estimate of drug-likeness (QED) is 0.751. The molecule has 0 saturated heterocycles. The van der Waals surface area contributed by atoms with Crippen LogP contribution in [0.1, 0.15) is 24.5 Å². The Morgan fingerprint density at radius 1 is 1.43 bits per heavy atom. The van der Waals surface area contributed by atoms with Crippen LogP contribution in [-0.4, -0.2) is 11.5 Å². The third-order valence-electron chi connectivity index (χ3n) is 2.67. The Bertz CT molecular complexity index is 473. The lowest BCUT2D eigenvalue weighted by molar-refractivity contribution is 0.415. The fraction of sp³-hybridized carbons (Fsp3) is 0.364. The molecule has 1 saturated carbocycles. The maximum absolute atomic E-state index is 5.19.